The van der Waals surface area contributed by atoms with E-state index >= 15 is 0 Å². The lowest BCUT2D eigenvalue weighted by molar-refractivity contribution is 0.155. The smallest absolute Gasteiger partial charge is 0.0434 e. The van der Waals surface area contributed by atoms with Crippen LogP contribution in [-0.2, 0) is 0 Å². The van der Waals surface area contributed by atoms with Crippen LogP contribution in [0.25, 0.3) is 0 Å². The van der Waals surface area contributed by atoms with Crippen molar-refractivity contribution in [2.45, 2.75) is 63.5 Å². The molecule has 92 valence electrons. The van der Waals surface area contributed by atoms with Gasteiger partial charge in [-0.2, -0.15) is 0 Å². The molecule has 3 rings (SSSR count). The van der Waals surface area contributed by atoms with E-state index in [9.17, 15) is 0 Å². The quantitative estimate of drug-likeness (QED) is 0.753. The normalized spacial score (nSPS) is 47.4. The van der Waals surface area contributed by atoms with Gasteiger partial charge in [0.05, 0.1) is 0 Å². The second-order valence-corrected chi connectivity index (χ2v) is 6.11. The molecular formula is C14H25NO. The fraction of sp³-hybridized carbons (Fsp3) is 1.00. The Morgan fingerprint density at radius 2 is 1.75 bits per heavy atom. The van der Waals surface area contributed by atoms with E-state index in [-0.39, 0.29) is 0 Å². The maximum Gasteiger partial charge on any atom is 0.0434 e. The molecule has 5 atom stereocenters. The molecule has 0 amide bonds. The van der Waals surface area contributed by atoms with Gasteiger partial charge in [0.2, 0.25) is 0 Å². The first-order valence-electron chi connectivity index (χ1n) is 7.27. The molecule has 0 bridgehead atoms. The largest absolute Gasteiger partial charge is 0.396 e. The predicted octanol–water partition coefficient (Wildman–Crippen LogP) is 2.32. The van der Waals surface area contributed by atoms with Crippen LogP contribution in [0.2, 0.25) is 0 Å². The zero-order valence-corrected chi connectivity index (χ0v) is 10.2. The van der Waals surface area contributed by atoms with Gasteiger partial charge >= 0.3 is 0 Å². The molecule has 0 aromatic heterocycles. The van der Waals surface area contributed by atoms with Crippen LogP contribution < -0.4 is 5.32 Å². The highest BCUT2D eigenvalue weighted by molar-refractivity contribution is 5.02. The average Bonchev–Trinajstić information content (AvgIpc) is 2.69. The highest BCUT2D eigenvalue weighted by atomic mass is 16.3. The monoisotopic (exact) mass is 223 g/mol. The molecular weight excluding hydrogens is 198 g/mol. The summed E-state index contributed by atoms with van der Waals surface area (Å²) >= 11 is 0. The molecule has 2 heteroatoms. The molecule has 16 heavy (non-hydrogen) atoms. The maximum atomic E-state index is 9.17. The summed E-state index contributed by atoms with van der Waals surface area (Å²) in [5.41, 5.74) is 0. The van der Waals surface area contributed by atoms with Crippen LogP contribution in [0, 0.1) is 17.8 Å². The number of aliphatic hydroxyl groups excluding tert-OH is 1. The van der Waals surface area contributed by atoms with Gasteiger partial charge in [0.1, 0.15) is 0 Å². The standard InChI is InChI=1S/C14H25NO/c16-9-8-10-4-3-6-12-11-5-1-2-7-13(11)15-14(10)12/h10-16H,1-9H2. The highest BCUT2D eigenvalue weighted by Crippen LogP contribution is 2.46. The Labute approximate surface area is 98.8 Å². The van der Waals surface area contributed by atoms with E-state index in [0.717, 1.165) is 36.3 Å². The number of hydrogen-bond donors (Lipinski definition) is 2. The second kappa shape index (κ2) is 4.66. The SMILES string of the molecule is OCCC1CCCC2C3CCCCC3NC12. The van der Waals surface area contributed by atoms with E-state index in [1.807, 2.05) is 0 Å². The minimum absolute atomic E-state index is 0.380. The van der Waals surface area contributed by atoms with E-state index in [2.05, 4.69) is 5.32 Å². The summed E-state index contributed by atoms with van der Waals surface area (Å²) in [5.74, 6) is 2.67. The van der Waals surface area contributed by atoms with Crippen LogP contribution in [0.4, 0.5) is 0 Å². The fourth-order valence-electron chi connectivity index (χ4n) is 4.68. The van der Waals surface area contributed by atoms with Crippen LogP contribution in [0.3, 0.4) is 0 Å². The molecule has 5 unspecified atom stereocenters. The molecule has 2 saturated carbocycles. The Kier molecular flexibility index (Phi) is 3.21. The number of fused-ring (bicyclic) bond motifs is 3. The lowest BCUT2D eigenvalue weighted by Crippen LogP contribution is -2.40. The van der Waals surface area contributed by atoms with Crippen molar-refractivity contribution in [2.75, 3.05) is 6.61 Å². The lowest BCUT2D eigenvalue weighted by atomic mass is 9.69. The van der Waals surface area contributed by atoms with Crippen molar-refractivity contribution >= 4 is 0 Å². The van der Waals surface area contributed by atoms with Gasteiger partial charge in [-0.15, -0.1) is 0 Å². The topological polar surface area (TPSA) is 32.3 Å². The number of hydrogen-bond acceptors (Lipinski definition) is 2. The summed E-state index contributed by atoms with van der Waals surface area (Å²) in [4.78, 5) is 0. The van der Waals surface area contributed by atoms with Gasteiger partial charge in [-0.05, 0) is 49.9 Å². The van der Waals surface area contributed by atoms with Gasteiger partial charge in [0, 0.05) is 18.7 Å². The molecule has 3 fully saturated rings. The van der Waals surface area contributed by atoms with E-state index in [1.54, 1.807) is 0 Å². The molecule has 2 aliphatic carbocycles. The second-order valence-electron chi connectivity index (χ2n) is 6.11. The predicted molar refractivity (Wildman–Crippen MR) is 65.2 cm³/mol. The summed E-state index contributed by atoms with van der Waals surface area (Å²) in [6.07, 6.45) is 11.0. The van der Waals surface area contributed by atoms with Crippen molar-refractivity contribution in [3.8, 4) is 0 Å². The molecule has 0 radical (unpaired) electrons. The number of rotatable bonds is 2. The summed E-state index contributed by atoms with van der Waals surface area (Å²) in [6.45, 7) is 0.380. The molecule has 2 nitrogen and oxygen atoms in total. The summed E-state index contributed by atoms with van der Waals surface area (Å²) in [6, 6.07) is 1.57. The van der Waals surface area contributed by atoms with Gasteiger partial charge < -0.3 is 10.4 Å². The van der Waals surface area contributed by atoms with Crippen LogP contribution in [-0.4, -0.2) is 23.8 Å². The van der Waals surface area contributed by atoms with Crippen molar-refractivity contribution in [1.29, 1.82) is 0 Å². The number of nitrogens with one attached hydrogen (secondary N) is 1. The van der Waals surface area contributed by atoms with Crippen LogP contribution in [0.1, 0.15) is 51.4 Å². The summed E-state index contributed by atoms with van der Waals surface area (Å²) in [5, 5.41) is 13.1. The molecule has 1 aliphatic heterocycles. The van der Waals surface area contributed by atoms with Crippen LogP contribution >= 0.6 is 0 Å². The highest BCUT2D eigenvalue weighted by Gasteiger charge is 2.47. The van der Waals surface area contributed by atoms with Crippen LogP contribution in [0.15, 0.2) is 0 Å². The molecule has 1 saturated heterocycles. The van der Waals surface area contributed by atoms with Gasteiger partial charge in [-0.25, -0.2) is 0 Å². The molecule has 2 N–H and O–H groups in total. The lowest BCUT2D eigenvalue weighted by Gasteiger charge is -2.35. The Bertz CT molecular complexity index is 241. The Balaban J connectivity index is 1.72. The first-order chi connectivity index (χ1) is 7.90. The summed E-state index contributed by atoms with van der Waals surface area (Å²) in [7, 11) is 0. The average molecular weight is 223 g/mol. The van der Waals surface area contributed by atoms with Gasteiger partial charge in [0.15, 0.2) is 0 Å². The maximum absolute atomic E-state index is 9.17. The minimum atomic E-state index is 0.380. The third-order valence-electron chi connectivity index (χ3n) is 5.36. The first kappa shape index (κ1) is 11.0. The third kappa shape index (κ3) is 1.80. The van der Waals surface area contributed by atoms with Gasteiger partial charge in [0.25, 0.3) is 0 Å². The van der Waals surface area contributed by atoms with E-state index in [4.69, 9.17) is 5.11 Å². The van der Waals surface area contributed by atoms with Crippen LogP contribution in [0.5, 0.6) is 0 Å². The van der Waals surface area contributed by atoms with E-state index in [1.165, 1.54) is 44.9 Å². The van der Waals surface area contributed by atoms with Crippen molar-refractivity contribution in [3.05, 3.63) is 0 Å². The van der Waals surface area contributed by atoms with E-state index < -0.39 is 0 Å². The minimum Gasteiger partial charge on any atom is -0.396 e. The van der Waals surface area contributed by atoms with Crippen molar-refractivity contribution < 1.29 is 5.11 Å². The van der Waals surface area contributed by atoms with Gasteiger partial charge in [-0.3, -0.25) is 0 Å². The zero-order chi connectivity index (χ0) is 11.0. The van der Waals surface area contributed by atoms with Crippen molar-refractivity contribution in [1.82, 2.24) is 5.32 Å². The Morgan fingerprint density at radius 1 is 0.938 bits per heavy atom. The summed E-state index contributed by atoms with van der Waals surface area (Å²) < 4.78 is 0. The van der Waals surface area contributed by atoms with E-state index in [0.29, 0.717) is 6.61 Å². The Morgan fingerprint density at radius 3 is 2.62 bits per heavy atom. The molecule has 0 aromatic rings. The van der Waals surface area contributed by atoms with Crippen molar-refractivity contribution in [2.24, 2.45) is 17.8 Å². The molecule has 3 aliphatic rings. The number of aliphatic hydroxyl groups is 1. The zero-order valence-electron chi connectivity index (χ0n) is 10.2. The van der Waals surface area contributed by atoms with Gasteiger partial charge in [-0.1, -0.05) is 19.3 Å². The molecule has 0 aromatic carbocycles. The first-order valence-corrected chi connectivity index (χ1v) is 7.27. The molecule has 1 heterocycles. The Hall–Kier alpha value is -0.0800. The fourth-order valence-corrected chi connectivity index (χ4v) is 4.68. The third-order valence-corrected chi connectivity index (χ3v) is 5.36. The van der Waals surface area contributed by atoms with Crippen molar-refractivity contribution in [3.63, 3.8) is 0 Å². The molecule has 0 spiro atoms.